The van der Waals surface area contributed by atoms with E-state index in [2.05, 4.69) is 44.7 Å². The Kier molecular flexibility index (Phi) is 6.53. The van der Waals surface area contributed by atoms with Gasteiger partial charge in [-0.3, -0.25) is 0 Å². The third-order valence-electron chi connectivity index (χ3n) is 5.18. The quantitative estimate of drug-likeness (QED) is 0.786. The van der Waals surface area contributed by atoms with E-state index in [9.17, 15) is 4.79 Å². The van der Waals surface area contributed by atoms with E-state index in [0.717, 1.165) is 58.7 Å². The summed E-state index contributed by atoms with van der Waals surface area (Å²) in [7, 11) is 1.74. The van der Waals surface area contributed by atoms with E-state index in [0.29, 0.717) is 5.92 Å². The lowest BCUT2D eigenvalue weighted by atomic mass is 10.1. The molecule has 6 heteroatoms. The van der Waals surface area contributed by atoms with E-state index >= 15 is 0 Å². The van der Waals surface area contributed by atoms with Gasteiger partial charge >= 0.3 is 6.03 Å². The molecule has 0 unspecified atom stereocenters. The van der Waals surface area contributed by atoms with Gasteiger partial charge in [0.15, 0.2) is 0 Å². The number of ether oxygens (including phenoxy) is 1. The summed E-state index contributed by atoms with van der Waals surface area (Å²) < 4.78 is 5.13. The van der Waals surface area contributed by atoms with Crippen molar-refractivity contribution < 1.29 is 9.53 Å². The molecule has 2 aliphatic heterocycles. The predicted molar refractivity (Wildman–Crippen MR) is 100 cm³/mol. The highest BCUT2D eigenvalue weighted by Crippen LogP contribution is 2.19. The van der Waals surface area contributed by atoms with Gasteiger partial charge in [-0.1, -0.05) is 18.2 Å². The van der Waals surface area contributed by atoms with E-state index in [-0.39, 0.29) is 12.1 Å². The molecule has 2 heterocycles. The van der Waals surface area contributed by atoms with Crippen LogP contribution in [0.4, 0.5) is 10.5 Å². The zero-order valence-electron chi connectivity index (χ0n) is 15.1. The van der Waals surface area contributed by atoms with Crippen LogP contribution < -0.4 is 15.5 Å². The zero-order valence-corrected chi connectivity index (χ0v) is 15.1. The highest BCUT2D eigenvalue weighted by molar-refractivity contribution is 5.74. The third kappa shape index (κ3) is 5.34. The fourth-order valence-electron chi connectivity index (χ4n) is 3.73. The van der Waals surface area contributed by atoms with Crippen LogP contribution in [-0.4, -0.2) is 70.0 Å². The molecule has 0 radical (unpaired) electrons. The summed E-state index contributed by atoms with van der Waals surface area (Å²) in [5.74, 6) is 0.548. The Balaban J connectivity index is 1.34. The van der Waals surface area contributed by atoms with Crippen LogP contribution in [0.15, 0.2) is 30.3 Å². The van der Waals surface area contributed by atoms with Crippen molar-refractivity contribution in [1.29, 1.82) is 0 Å². The monoisotopic (exact) mass is 346 g/mol. The predicted octanol–water partition coefficient (Wildman–Crippen LogP) is 1.53. The standard InChI is InChI=1S/C19H30N4O2/c1-25-12-11-22-9-7-16(14-22)13-20-19(24)21-17-8-10-23(15-17)18-5-3-2-4-6-18/h2-6,16-17H,7-15H2,1H3,(H2,20,21,24)/t16-,17-/m0/s1. The van der Waals surface area contributed by atoms with Crippen LogP contribution in [0.2, 0.25) is 0 Å². The Morgan fingerprint density at radius 1 is 1.20 bits per heavy atom. The molecule has 2 fully saturated rings. The minimum atomic E-state index is -0.0322. The molecule has 0 aromatic heterocycles. The van der Waals surface area contributed by atoms with Crippen LogP contribution in [0.25, 0.3) is 0 Å². The molecule has 2 atom stereocenters. The minimum absolute atomic E-state index is 0.0322. The van der Waals surface area contributed by atoms with Crippen LogP contribution in [0.1, 0.15) is 12.8 Å². The second kappa shape index (κ2) is 9.06. The summed E-state index contributed by atoms with van der Waals surface area (Å²) >= 11 is 0. The van der Waals surface area contributed by atoms with Crippen LogP contribution in [0, 0.1) is 5.92 Å². The first kappa shape index (κ1) is 18.0. The number of rotatable bonds is 7. The fraction of sp³-hybridized carbons (Fsp3) is 0.632. The van der Waals surface area contributed by atoms with Gasteiger partial charge in [0.1, 0.15) is 0 Å². The Hall–Kier alpha value is -1.79. The highest BCUT2D eigenvalue weighted by atomic mass is 16.5. The van der Waals surface area contributed by atoms with Crippen molar-refractivity contribution >= 4 is 11.7 Å². The molecule has 2 aliphatic rings. The van der Waals surface area contributed by atoms with E-state index in [1.54, 1.807) is 7.11 Å². The van der Waals surface area contributed by atoms with Crippen molar-refractivity contribution in [2.45, 2.75) is 18.9 Å². The van der Waals surface area contributed by atoms with Crippen LogP contribution in [0.3, 0.4) is 0 Å². The van der Waals surface area contributed by atoms with E-state index < -0.39 is 0 Å². The lowest BCUT2D eigenvalue weighted by molar-refractivity contribution is 0.159. The molecule has 2 saturated heterocycles. The van der Waals surface area contributed by atoms with E-state index in [1.165, 1.54) is 5.69 Å². The van der Waals surface area contributed by atoms with Gasteiger partial charge in [0.25, 0.3) is 0 Å². The SMILES string of the molecule is COCCN1CC[C@@H](CNC(=O)N[C@H]2CCN(c3ccccc3)C2)C1. The molecule has 0 aliphatic carbocycles. The third-order valence-corrected chi connectivity index (χ3v) is 5.18. The number of nitrogens with one attached hydrogen (secondary N) is 2. The molecular formula is C19H30N4O2. The second-order valence-corrected chi connectivity index (χ2v) is 7.07. The summed E-state index contributed by atoms with van der Waals surface area (Å²) in [6.45, 7) is 6.54. The molecule has 3 rings (SSSR count). The molecular weight excluding hydrogens is 316 g/mol. The summed E-state index contributed by atoms with van der Waals surface area (Å²) in [4.78, 5) is 16.9. The number of urea groups is 1. The lowest BCUT2D eigenvalue weighted by Crippen LogP contribution is -2.45. The molecule has 6 nitrogen and oxygen atoms in total. The van der Waals surface area contributed by atoms with Crippen molar-refractivity contribution in [3.05, 3.63) is 30.3 Å². The van der Waals surface area contributed by atoms with Gasteiger partial charge < -0.3 is 25.2 Å². The number of anilines is 1. The number of carbonyl (C=O) groups excluding carboxylic acids is 1. The molecule has 0 spiro atoms. The van der Waals surface area contributed by atoms with Crippen LogP contribution in [-0.2, 0) is 4.74 Å². The molecule has 1 aromatic rings. The summed E-state index contributed by atoms with van der Waals surface area (Å²) in [6.07, 6.45) is 2.14. The number of amides is 2. The van der Waals surface area contributed by atoms with Crippen LogP contribution >= 0.6 is 0 Å². The summed E-state index contributed by atoms with van der Waals surface area (Å²) in [6, 6.07) is 10.6. The lowest BCUT2D eigenvalue weighted by Gasteiger charge is -2.19. The topological polar surface area (TPSA) is 56.8 Å². The fourth-order valence-corrected chi connectivity index (χ4v) is 3.73. The minimum Gasteiger partial charge on any atom is -0.383 e. The number of benzene rings is 1. The normalized spacial score (nSPS) is 23.8. The Morgan fingerprint density at radius 3 is 2.84 bits per heavy atom. The van der Waals surface area contributed by atoms with Gasteiger partial charge in [-0.15, -0.1) is 0 Å². The Bertz CT molecular complexity index is 539. The van der Waals surface area contributed by atoms with Gasteiger partial charge in [-0.25, -0.2) is 4.79 Å². The maximum atomic E-state index is 12.2. The van der Waals surface area contributed by atoms with Gasteiger partial charge in [0.05, 0.1) is 6.61 Å². The van der Waals surface area contributed by atoms with Crippen molar-refractivity contribution in [3.8, 4) is 0 Å². The average molecular weight is 346 g/mol. The summed E-state index contributed by atoms with van der Waals surface area (Å²) in [5, 5.41) is 6.18. The second-order valence-electron chi connectivity index (χ2n) is 7.07. The largest absolute Gasteiger partial charge is 0.383 e. The average Bonchev–Trinajstić information content (AvgIpc) is 3.28. The van der Waals surface area contributed by atoms with Crippen molar-refractivity contribution in [1.82, 2.24) is 15.5 Å². The van der Waals surface area contributed by atoms with Crippen LogP contribution in [0.5, 0.6) is 0 Å². The zero-order chi connectivity index (χ0) is 17.5. The number of methoxy groups -OCH3 is 1. The molecule has 0 bridgehead atoms. The molecule has 1 aromatic carbocycles. The first-order valence-electron chi connectivity index (χ1n) is 9.30. The number of hydrogen-bond acceptors (Lipinski definition) is 4. The molecule has 2 N–H and O–H groups in total. The van der Waals surface area contributed by atoms with Gasteiger partial charge in [-0.2, -0.15) is 0 Å². The number of hydrogen-bond donors (Lipinski definition) is 2. The van der Waals surface area contributed by atoms with E-state index in [4.69, 9.17) is 4.74 Å². The smallest absolute Gasteiger partial charge is 0.315 e. The molecule has 2 amide bonds. The maximum Gasteiger partial charge on any atom is 0.315 e. The molecule has 138 valence electrons. The Labute approximate surface area is 150 Å². The van der Waals surface area contributed by atoms with Gasteiger partial charge in [-0.05, 0) is 37.4 Å². The maximum absolute atomic E-state index is 12.2. The van der Waals surface area contributed by atoms with Gasteiger partial charge in [0, 0.05) is 51.6 Å². The van der Waals surface area contributed by atoms with Crippen molar-refractivity contribution in [2.24, 2.45) is 5.92 Å². The molecule has 0 saturated carbocycles. The first-order valence-corrected chi connectivity index (χ1v) is 9.30. The summed E-state index contributed by atoms with van der Waals surface area (Å²) in [5.41, 5.74) is 1.23. The van der Waals surface area contributed by atoms with E-state index in [1.807, 2.05) is 6.07 Å². The number of para-hydroxylation sites is 1. The Morgan fingerprint density at radius 2 is 2.04 bits per heavy atom. The molecule has 25 heavy (non-hydrogen) atoms. The number of carbonyl (C=O) groups is 1. The van der Waals surface area contributed by atoms with Gasteiger partial charge in [0.2, 0.25) is 0 Å². The number of likely N-dealkylation sites (tertiary alicyclic amines) is 1. The number of nitrogens with zero attached hydrogens (tertiary/aromatic N) is 2. The van der Waals surface area contributed by atoms with Crippen molar-refractivity contribution in [2.75, 3.05) is 57.9 Å². The highest BCUT2D eigenvalue weighted by Gasteiger charge is 2.25. The first-order chi connectivity index (χ1) is 12.2. The van der Waals surface area contributed by atoms with Crippen molar-refractivity contribution in [3.63, 3.8) is 0 Å².